The molecule has 1 unspecified atom stereocenters. The average Bonchev–Trinajstić information content (AvgIpc) is 2.45. The molecule has 0 amide bonds. The highest BCUT2D eigenvalue weighted by atomic mass is 15.1. The highest BCUT2D eigenvalue weighted by Crippen LogP contribution is 2.18. The fourth-order valence-corrected chi connectivity index (χ4v) is 1.92. The number of nitrogens with one attached hydrogen (secondary N) is 2. The maximum absolute atomic E-state index is 4.49. The van der Waals surface area contributed by atoms with E-state index in [2.05, 4.69) is 39.4 Å². The van der Waals surface area contributed by atoms with Crippen LogP contribution in [0, 0.1) is 6.92 Å². The van der Waals surface area contributed by atoms with E-state index in [9.17, 15) is 0 Å². The monoisotopic (exact) mass is 271 g/mol. The fraction of sp³-hybridized carbons (Fsp3) is 0.400. The zero-order valence-electron chi connectivity index (χ0n) is 12.2. The van der Waals surface area contributed by atoms with Crippen molar-refractivity contribution < 1.29 is 0 Å². The molecule has 2 rings (SSSR count). The molecular formula is C15H21N5. The summed E-state index contributed by atoms with van der Waals surface area (Å²) in [4.78, 5) is 12.9. The number of rotatable bonds is 6. The third-order valence-corrected chi connectivity index (χ3v) is 2.96. The molecule has 2 heterocycles. The first-order chi connectivity index (χ1) is 9.69. The number of nitrogens with zero attached hydrogens (tertiary/aromatic N) is 3. The minimum absolute atomic E-state index is 0.173. The normalized spacial score (nSPS) is 11.9. The molecule has 2 N–H and O–H groups in total. The molecule has 0 spiro atoms. The molecular weight excluding hydrogens is 250 g/mol. The number of anilines is 2. The van der Waals surface area contributed by atoms with Crippen LogP contribution < -0.4 is 10.6 Å². The standard InChI is InChI=1S/C15H21N5/c1-4-7-17-15-18-11(2)10-14(20-15)19-12(3)13-5-8-16-9-6-13/h5-6,8-10,12H,4,7H2,1-3H3,(H2,17,18,19,20). The molecule has 0 aliphatic rings. The summed E-state index contributed by atoms with van der Waals surface area (Å²) in [7, 11) is 0. The van der Waals surface area contributed by atoms with Crippen LogP contribution in [0.25, 0.3) is 0 Å². The molecule has 0 aliphatic heterocycles. The van der Waals surface area contributed by atoms with Crippen LogP contribution in [0.4, 0.5) is 11.8 Å². The Bertz CT molecular complexity index is 541. The largest absolute Gasteiger partial charge is 0.363 e. The van der Waals surface area contributed by atoms with Crippen LogP contribution in [-0.4, -0.2) is 21.5 Å². The lowest BCUT2D eigenvalue weighted by atomic mass is 10.1. The molecule has 0 aliphatic carbocycles. The first-order valence-corrected chi connectivity index (χ1v) is 6.95. The number of hydrogen-bond acceptors (Lipinski definition) is 5. The number of pyridine rings is 1. The molecule has 0 bridgehead atoms. The minimum atomic E-state index is 0.173. The zero-order chi connectivity index (χ0) is 14.4. The van der Waals surface area contributed by atoms with E-state index in [1.165, 1.54) is 5.56 Å². The van der Waals surface area contributed by atoms with Crippen molar-refractivity contribution in [3.8, 4) is 0 Å². The Kier molecular flexibility index (Phi) is 4.87. The summed E-state index contributed by atoms with van der Waals surface area (Å²) in [6.07, 6.45) is 4.65. The van der Waals surface area contributed by atoms with Crippen molar-refractivity contribution in [2.75, 3.05) is 17.2 Å². The van der Waals surface area contributed by atoms with E-state index >= 15 is 0 Å². The quantitative estimate of drug-likeness (QED) is 0.845. The third kappa shape index (κ3) is 3.91. The Morgan fingerprint density at radius 2 is 1.95 bits per heavy atom. The van der Waals surface area contributed by atoms with Crippen LogP contribution in [-0.2, 0) is 0 Å². The Hall–Kier alpha value is -2.17. The zero-order valence-corrected chi connectivity index (χ0v) is 12.2. The molecule has 0 saturated heterocycles. The minimum Gasteiger partial charge on any atom is -0.363 e. The molecule has 2 aromatic rings. The van der Waals surface area contributed by atoms with Crippen LogP contribution in [0.3, 0.4) is 0 Å². The highest BCUT2D eigenvalue weighted by molar-refractivity contribution is 5.44. The second-order valence-electron chi connectivity index (χ2n) is 4.79. The summed E-state index contributed by atoms with van der Waals surface area (Å²) < 4.78 is 0. The maximum atomic E-state index is 4.49. The predicted molar refractivity (Wildman–Crippen MR) is 81.8 cm³/mol. The second kappa shape index (κ2) is 6.84. The molecule has 106 valence electrons. The summed E-state index contributed by atoms with van der Waals surface area (Å²) in [6.45, 7) is 7.07. The summed E-state index contributed by atoms with van der Waals surface area (Å²) in [5.74, 6) is 1.51. The number of aryl methyl sites for hydroxylation is 1. The third-order valence-electron chi connectivity index (χ3n) is 2.96. The first-order valence-electron chi connectivity index (χ1n) is 6.95. The Morgan fingerprint density at radius 1 is 1.20 bits per heavy atom. The molecule has 0 saturated carbocycles. The molecule has 2 aromatic heterocycles. The molecule has 0 radical (unpaired) electrons. The summed E-state index contributed by atoms with van der Waals surface area (Å²) in [6, 6.07) is 6.13. The second-order valence-corrected chi connectivity index (χ2v) is 4.79. The predicted octanol–water partition coefficient (Wildman–Crippen LogP) is 3.18. The SMILES string of the molecule is CCCNc1nc(C)cc(NC(C)c2ccncc2)n1. The van der Waals surface area contributed by atoms with Crippen molar-refractivity contribution in [2.45, 2.75) is 33.2 Å². The summed E-state index contributed by atoms with van der Waals surface area (Å²) in [5, 5.41) is 6.61. The van der Waals surface area contributed by atoms with Gasteiger partial charge in [0.25, 0.3) is 0 Å². The molecule has 0 aromatic carbocycles. The number of aromatic nitrogens is 3. The molecule has 20 heavy (non-hydrogen) atoms. The molecule has 0 fully saturated rings. The lowest BCUT2D eigenvalue weighted by molar-refractivity contribution is 0.864. The van der Waals surface area contributed by atoms with Crippen molar-refractivity contribution >= 4 is 11.8 Å². The smallest absolute Gasteiger partial charge is 0.224 e. The van der Waals surface area contributed by atoms with E-state index in [1.807, 2.05) is 25.1 Å². The number of hydrogen-bond donors (Lipinski definition) is 2. The van der Waals surface area contributed by atoms with E-state index in [0.717, 1.165) is 24.5 Å². The van der Waals surface area contributed by atoms with Gasteiger partial charge in [-0.3, -0.25) is 4.98 Å². The van der Waals surface area contributed by atoms with Gasteiger partial charge < -0.3 is 10.6 Å². The Morgan fingerprint density at radius 3 is 2.65 bits per heavy atom. The van der Waals surface area contributed by atoms with Crippen LogP contribution in [0.2, 0.25) is 0 Å². The fourth-order valence-electron chi connectivity index (χ4n) is 1.92. The average molecular weight is 271 g/mol. The Balaban J connectivity index is 2.10. The van der Waals surface area contributed by atoms with E-state index < -0.39 is 0 Å². The topological polar surface area (TPSA) is 62.7 Å². The van der Waals surface area contributed by atoms with Crippen LogP contribution in [0.1, 0.15) is 37.6 Å². The van der Waals surface area contributed by atoms with Crippen LogP contribution >= 0.6 is 0 Å². The molecule has 5 nitrogen and oxygen atoms in total. The summed E-state index contributed by atoms with van der Waals surface area (Å²) >= 11 is 0. The van der Waals surface area contributed by atoms with Crippen molar-refractivity contribution in [1.29, 1.82) is 0 Å². The highest BCUT2D eigenvalue weighted by Gasteiger charge is 2.07. The van der Waals surface area contributed by atoms with Crippen LogP contribution in [0.15, 0.2) is 30.6 Å². The lowest BCUT2D eigenvalue weighted by Gasteiger charge is -2.16. The van der Waals surface area contributed by atoms with Gasteiger partial charge in [-0.05, 0) is 38.0 Å². The van der Waals surface area contributed by atoms with Crippen LogP contribution in [0.5, 0.6) is 0 Å². The first kappa shape index (κ1) is 14.2. The summed E-state index contributed by atoms with van der Waals surface area (Å²) in [5.41, 5.74) is 2.13. The van der Waals surface area contributed by atoms with Crippen molar-refractivity contribution in [2.24, 2.45) is 0 Å². The van der Waals surface area contributed by atoms with Gasteiger partial charge in [-0.1, -0.05) is 6.92 Å². The van der Waals surface area contributed by atoms with Gasteiger partial charge in [-0.25, -0.2) is 4.98 Å². The van der Waals surface area contributed by atoms with Crippen molar-refractivity contribution in [3.05, 3.63) is 41.9 Å². The van der Waals surface area contributed by atoms with Crippen molar-refractivity contribution in [3.63, 3.8) is 0 Å². The molecule has 1 atom stereocenters. The van der Waals surface area contributed by atoms with Gasteiger partial charge in [0.2, 0.25) is 5.95 Å². The van der Waals surface area contributed by atoms with Gasteiger partial charge in [0.05, 0.1) is 6.04 Å². The maximum Gasteiger partial charge on any atom is 0.224 e. The van der Waals surface area contributed by atoms with Gasteiger partial charge in [-0.2, -0.15) is 4.98 Å². The van der Waals surface area contributed by atoms with E-state index in [4.69, 9.17) is 0 Å². The van der Waals surface area contributed by atoms with E-state index in [1.54, 1.807) is 12.4 Å². The lowest BCUT2D eigenvalue weighted by Crippen LogP contribution is -2.11. The van der Waals surface area contributed by atoms with E-state index in [-0.39, 0.29) is 6.04 Å². The van der Waals surface area contributed by atoms with Gasteiger partial charge in [0.1, 0.15) is 5.82 Å². The molecule has 5 heteroatoms. The van der Waals surface area contributed by atoms with Gasteiger partial charge in [0, 0.05) is 30.7 Å². The van der Waals surface area contributed by atoms with E-state index in [0.29, 0.717) is 5.95 Å². The Labute approximate surface area is 119 Å². The van der Waals surface area contributed by atoms with Gasteiger partial charge >= 0.3 is 0 Å². The van der Waals surface area contributed by atoms with Gasteiger partial charge in [-0.15, -0.1) is 0 Å². The van der Waals surface area contributed by atoms with Gasteiger partial charge in [0.15, 0.2) is 0 Å². The van der Waals surface area contributed by atoms with Crippen molar-refractivity contribution in [1.82, 2.24) is 15.0 Å².